The Morgan fingerprint density at radius 2 is 2.43 bits per heavy atom. The van der Waals surface area contributed by atoms with Gasteiger partial charge in [0.2, 0.25) is 0 Å². The van der Waals surface area contributed by atoms with Crippen molar-refractivity contribution in [2.45, 2.75) is 38.6 Å². The molecule has 80 valence electrons. The largest absolute Gasteiger partial charge is 0.271 e. The number of hydrogen-bond donors (Lipinski definition) is 2. The average Bonchev–Trinajstić information content (AvgIpc) is 2.58. The monoisotopic (exact) mass is 197 g/mol. The van der Waals surface area contributed by atoms with E-state index in [9.17, 15) is 0 Å². The van der Waals surface area contributed by atoms with Gasteiger partial charge < -0.3 is 0 Å². The van der Waals surface area contributed by atoms with Gasteiger partial charge in [0.15, 0.2) is 0 Å². The molecule has 14 heavy (non-hydrogen) atoms. The number of aryl methyl sites for hydroxylation is 1. The number of hydrogen-bond acceptors (Lipinski definition) is 4. The zero-order chi connectivity index (χ0) is 10.4. The minimum atomic E-state index is 0.312. The Morgan fingerprint density at radius 1 is 1.64 bits per heavy atom. The van der Waals surface area contributed by atoms with Crippen LogP contribution in [0.5, 0.6) is 0 Å². The lowest BCUT2D eigenvalue weighted by Gasteiger charge is -2.13. The average molecular weight is 197 g/mol. The van der Waals surface area contributed by atoms with Crippen LogP contribution in [0.25, 0.3) is 0 Å². The molecule has 0 aliphatic carbocycles. The summed E-state index contributed by atoms with van der Waals surface area (Å²) in [5, 5.41) is 7.91. The molecule has 0 fully saturated rings. The Hall–Kier alpha value is -0.940. The topological polar surface area (TPSA) is 68.8 Å². The second-order valence-corrected chi connectivity index (χ2v) is 3.59. The molecule has 0 bridgehead atoms. The van der Waals surface area contributed by atoms with Crippen molar-refractivity contribution in [3.8, 4) is 0 Å². The van der Waals surface area contributed by atoms with Crippen molar-refractivity contribution in [3.05, 3.63) is 11.9 Å². The summed E-state index contributed by atoms with van der Waals surface area (Å²) < 4.78 is 1.71. The van der Waals surface area contributed by atoms with Crippen LogP contribution in [0, 0.1) is 0 Å². The third-order valence-corrected chi connectivity index (χ3v) is 2.25. The van der Waals surface area contributed by atoms with Crippen LogP contribution in [0.4, 0.5) is 0 Å². The van der Waals surface area contributed by atoms with Crippen molar-refractivity contribution in [2.75, 3.05) is 0 Å². The first-order chi connectivity index (χ1) is 6.76. The van der Waals surface area contributed by atoms with E-state index in [1.54, 1.807) is 4.68 Å². The van der Waals surface area contributed by atoms with Gasteiger partial charge in [0, 0.05) is 25.7 Å². The molecule has 5 heteroatoms. The van der Waals surface area contributed by atoms with Crippen LogP contribution in [0.1, 0.15) is 31.9 Å². The molecule has 0 aromatic carbocycles. The van der Waals surface area contributed by atoms with Crippen molar-refractivity contribution >= 4 is 0 Å². The standard InChI is InChI=1S/C9H19N5/c1-3-4-5-8(11-10)6-9-7-14(2)13-12-9/h7-8,11H,3-6,10H2,1-2H3. The van der Waals surface area contributed by atoms with Crippen LogP contribution in [-0.2, 0) is 13.5 Å². The molecule has 0 aliphatic rings. The normalized spacial score (nSPS) is 13.1. The lowest BCUT2D eigenvalue weighted by Crippen LogP contribution is -2.36. The summed E-state index contributed by atoms with van der Waals surface area (Å²) in [6.07, 6.45) is 6.25. The summed E-state index contributed by atoms with van der Waals surface area (Å²) in [7, 11) is 1.87. The predicted molar refractivity (Wildman–Crippen MR) is 55.3 cm³/mol. The molecule has 0 saturated heterocycles. The molecule has 0 saturated carbocycles. The summed E-state index contributed by atoms with van der Waals surface area (Å²) >= 11 is 0. The Balaban J connectivity index is 2.40. The van der Waals surface area contributed by atoms with Gasteiger partial charge in [-0.15, -0.1) is 5.10 Å². The van der Waals surface area contributed by atoms with E-state index in [0.29, 0.717) is 6.04 Å². The van der Waals surface area contributed by atoms with E-state index in [0.717, 1.165) is 18.5 Å². The summed E-state index contributed by atoms with van der Waals surface area (Å²) in [6.45, 7) is 2.18. The van der Waals surface area contributed by atoms with Crippen molar-refractivity contribution in [1.29, 1.82) is 0 Å². The van der Waals surface area contributed by atoms with Crippen LogP contribution in [0.3, 0.4) is 0 Å². The second kappa shape index (κ2) is 5.72. The van der Waals surface area contributed by atoms with Crippen LogP contribution in [-0.4, -0.2) is 21.0 Å². The first-order valence-corrected chi connectivity index (χ1v) is 5.07. The molecule has 5 nitrogen and oxygen atoms in total. The van der Waals surface area contributed by atoms with E-state index in [4.69, 9.17) is 5.84 Å². The van der Waals surface area contributed by atoms with Gasteiger partial charge in [0.1, 0.15) is 0 Å². The molecule has 1 aromatic rings. The van der Waals surface area contributed by atoms with Gasteiger partial charge in [-0.25, -0.2) is 0 Å². The maximum absolute atomic E-state index is 5.46. The maximum Gasteiger partial charge on any atom is 0.0843 e. The van der Waals surface area contributed by atoms with Crippen molar-refractivity contribution < 1.29 is 0 Å². The van der Waals surface area contributed by atoms with Gasteiger partial charge in [-0.1, -0.05) is 25.0 Å². The first kappa shape index (κ1) is 11.1. The highest BCUT2D eigenvalue weighted by atomic mass is 15.4. The number of aromatic nitrogens is 3. The number of unbranched alkanes of at least 4 members (excludes halogenated alkanes) is 1. The van der Waals surface area contributed by atoms with Gasteiger partial charge in [-0.3, -0.25) is 16.0 Å². The Kier molecular flexibility index (Phi) is 4.55. The molecule has 0 spiro atoms. The number of nitrogens with two attached hydrogens (primary N) is 1. The van der Waals surface area contributed by atoms with Gasteiger partial charge in [0.25, 0.3) is 0 Å². The Morgan fingerprint density at radius 3 is 2.93 bits per heavy atom. The SMILES string of the molecule is CCCCC(Cc1cn(C)nn1)NN. The molecule has 3 N–H and O–H groups in total. The van der Waals surface area contributed by atoms with E-state index in [2.05, 4.69) is 22.7 Å². The van der Waals surface area contributed by atoms with Gasteiger partial charge in [-0.05, 0) is 6.42 Å². The minimum Gasteiger partial charge on any atom is -0.271 e. The summed E-state index contributed by atoms with van der Waals surface area (Å²) in [5.41, 5.74) is 3.81. The molecule has 0 amide bonds. The zero-order valence-electron chi connectivity index (χ0n) is 8.90. The van der Waals surface area contributed by atoms with E-state index in [1.165, 1.54) is 12.8 Å². The number of rotatable bonds is 6. The summed E-state index contributed by atoms with van der Waals surface area (Å²) in [5.74, 6) is 5.46. The third-order valence-electron chi connectivity index (χ3n) is 2.25. The smallest absolute Gasteiger partial charge is 0.0843 e. The van der Waals surface area contributed by atoms with Crippen molar-refractivity contribution in [1.82, 2.24) is 20.4 Å². The summed E-state index contributed by atoms with van der Waals surface area (Å²) in [4.78, 5) is 0. The maximum atomic E-state index is 5.46. The fourth-order valence-corrected chi connectivity index (χ4v) is 1.44. The molecular weight excluding hydrogens is 178 g/mol. The molecule has 1 rings (SSSR count). The molecule has 0 aliphatic heterocycles. The van der Waals surface area contributed by atoms with Crippen LogP contribution < -0.4 is 11.3 Å². The fraction of sp³-hybridized carbons (Fsp3) is 0.778. The minimum absolute atomic E-state index is 0.312. The number of hydrazine groups is 1. The summed E-state index contributed by atoms with van der Waals surface area (Å²) in [6, 6.07) is 0.312. The predicted octanol–water partition coefficient (Wildman–Crippen LogP) is 0.380. The van der Waals surface area contributed by atoms with E-state index in [-0.39, 0.29) is 0 Å². The highest BCUT2D eigenvalue weighted by molar-refractivity contribution is 4.95. The fourth-order valence-electron chi connectivity index (χ4n) is 1.44. The van der Waals surface area contributed by atoms with Crippen molar-refractivity contribution in [3.63, 3.8) is 0 Å². The molecule has 1 aromatic heterocycles. The highest BCUT2D eigenvalue weighted by Crippen LogP contribution is 2.05. The van der Waals surface area contributed by atoms with E-state index < -0.39 is 0 Å². The Labute approximate surface area is 84.6 Å². The molecule has 1 atom stereocenters. The van der Waals surface area contributed by atoms with Gasteiger partial charge >= 0.3 is 0 Å². The number of nitrogens with one attached hydrogen (secondary N) is 1. The number of nitrogens with zero attached hydrogens (tertiary/aromatic N) is 3. The second-order valence-electron chi connectivity index (χ2n) is 3.59. The molecule has 0 radical (unpaired) electrons. The lowest BCUT2D eigenvalue weighted by atomic mass is 10.1. The third kappa shape index (κ3) is 3.43. The quantitative estimate of drug-likeness (QED) is 0.511. The molecule has 1 unspecified atom stereocenters. The first-order valence-electron chi connectivity index (χ1n) is 5.07. The van der Waals surface area contributed by atoms with Gasteiger partial charge in [0.05, 0.1) is 5.69 Å². The van der Waals surface area contributed by atoms with E-state index in [1.807, 2.05) is 13.2 Å². The van der Waals surface area contributed by atoms with Crippen LogP contribution >= 0.6 is 0 Å². The highest BCUT2D eigenvalue weighted by Gasteiger charge is 2.09. The lowest BCUT2D eigenvalue weighted by molar-refractivity contribution is 0.469. The van der Waals surface area contributed by atoms with Gasteiger partial charge in [-0.2, -0.15) is 0 Å². The molecule has 1 heterocycles. The van der Waals surface area contributed by atoms with Crippen LogP contribution in [0.2, 0.25) is 0 Å². The Bertz CT molecular complexity index is 257. The zero-order valence-corrected chi connectivity index (χ0v) is 8.90. The molecular formula is C9H19N5. The van der Waals surface area contributed by atoms with Crippen LogP contribution in [0.15, 0.2) is 6.20 Å². The van der Waals surface area contributed by atoms with Crippen molar-refractivity contribution in [2.24, 2.45) is 12.9 Å². The van der Waals surface area contributed by atoms with E-state index >= 15 is 0 Å².